The monoisotopic (exact) mass is 230 g/mol. The van der Waals surface area contributed by atoms with E-state index in [0.717, 1.165) is 6.42 Å². The number of carbonyl (C=O) groups is 1. The molecule has 12 heavy (non-hydrogen) atoms. The number of hydrogen-bond donors (Lipinski definition) is 1. The largest absolute Gasteiger partial charge is 0.481 e. The standard InChI is InChI=1S/C9H11BrO2/c1-2-9(10)5-3-7(4-6-9)8(11)12/h3-7H,2H2,1H3,(H,11,12). The van der Waals surface area contributed by atoms with Crippen molar-refractivity contribution in [1.29, 1.82) is 0 Å². The maximum absolute atomic E-state index is 10.5. The van der Waals surface area contributed by atoms with Crippen LogP contribution in [0.25, 0.3) is 0 Å². The number of halogens is 1. The Morgan fingerprint density at radius 2 is 2.08 bits per heavy atom. The van der Waals surface area contributed by atoms with E-state index < -0.39 is 11.9 Å². The quantitative estimate of drug-likeness (QED) is 0.585. The van der Waals surface area contributed by atoms with Gasteiger partial charge in [-0.1, -0.05) is 47.2 Å². The number of carboxylic acids is 1. The number of carboxylic acid groups (broad SMARTS) is 1. The molecular formula is C9H11BrO2. The maximum atomic E-state index is 10.5. The Bertz CT molecular complexity index is 229. The van der Waals surface area contributed by atoms with Gasteiger partial charge in [-0.15, -0.1) is 0 Å². The molecule has 0 spiro atoms. The third-order valence-corrected chi connectivity index (χ3v) is 3.08. The lowest BCUT2D eigenvalue weighted by Gasteiger charge is -2.21. The zero-order valence-electron chi connectivity index (χ0n) is 6.83. The van der Waals surface area contributed by atoms with Crippen molar-refractivity contribution in [3.63, 3.8) is 0 Å². The summed E-state index contributed by atoms with van der Waals surface area (Å²) in [4.78, 5) is 10.5. The molecule has 1 aliphatic carbocycles. The highest BCUT2D eigenvalue weighted by molar-refractivity contribution is 9.10. The van der Waals surface area contributed by atoms with Gasteiger partial charge < -0.3 is 5.11 Å². The van der Waals surface area contributed by atoms with Crippen LogP contribution in [0.1, 0.15) is 13.3 Å². The van der Waals surface area contributed by atoms with Gasteiger partial charge >= 0.3 is 5.97 Å². The second-order valence-electron chi connectivity index (χ2n) is 2.86. The van der Waals surface area contributed by atoms with Gasteiger partial charge in [0.2, 0.25) is 0 Å². The highest BCUT2D eigenvalue weighted by Crippen LogP contribution is 2.30. The molecule has 1 N–H and O–H groups in total. The molecule has 0 radical (unpaired) electrons. The van der Waals surface area contributed by atoms with Crippen molar-refractivity contribution in [3.8, 4) is 0 Å². The van der Waals surface area contributed by atoms with Crippen LogP contribution in [0.3, 0.4) is 0 Å². The van der Waals surface area contributed by atoms with Gasteiger partial charge in [-0.25, -0.2) is 0 Å². The average molecular weight is 231 g/mol. The second-order valence-corrected chi connectivity index (χ2v) is 4.34. The predicted octanol–water partition coefficient (Wildman–Crippen LogP) is 2.36. The first-order chi connectivity index (χ1) is 5.57. The molecule has 0 aliphatic heterocycles. The van der Waals surface area contributed by atoms with E-state index in [4.69, 9.17) is 5.11 Å². The van der Waals surface area contributed by atoms with Crippen LogP contribution in [-0.2, 0) is 4.79 Å². The van der Waals surface area contributed by atoms with Crippen LogP contribution in [0.2, 0.25) is 0 Å². The average Bonchev–Trinajstić information content (AvgIpc) is 2.05. The molecule has 3 heteroatoms. The van der Waals surface area contributed by atoms with Crippen molar-refractivity contribution >= 4 is 21.9 Å². The Labute approximate surface area is 80.1 Å². The molecule has 0 aromatic carbocycles. The van der Waals surface area contributed by atoms with Crippen molar-refractivity contribution in [2.75, 3.05) is 0 Å². The molecule has 0 bridgehead atoms. The summed E-state index contributed by atoms with van der Waals surface area (Å²) in [6, 6.07) is 0. The van der Waals surface area contributed by atoms with E-state index in [0.29, 0.717) is 0 Å². The van der Waals surface area contributed by atoms with Crippen molar-refractivity contribution < 1.29 is 9.90 Å². The molecule has 0 saturated heterocycles. The third kappa shape index (κ3) is 1.97. The summed E-state index contributed by atoms with van der Waals surface area (Å²) in [6.07, 6.45) is 8.13. The molecular weight excluding hydrogens is 220 g/mol. The zero-order chi connectivity index (χ0) is 9.19. The fraction of sp³-hybridized carbons (Fsp3) is 0.444. The summed E-state index contributed by atoms with van der Waals surface area (Å²) < 4.78 is -0.126. The minimum atomic E-state index is -0.798. The van der Waals surface area contributed by atoms with Gasteiger partial charge in [0.1, 0.15) is 0 Å². The van der Waals surface area contributed by atoms with Crippen molar-refractivity contribution in [1.82, 2.24) is 0 Å². The molecule has 1 rings (SSSR count). The van der Waals surface area contributed by atoms with Gasteiger partial charge in [-0.3, -0.25) is 4.79 Å². The molecule has 0 heterocycles. The minimum absolute atomic E-state index is 0.126. The first-order valence-electron chi connectivity index (χ1n) is 3.88. The van der Waals surface area contributed by atoms with E-state index in [1.807, 2.05) is 19.1 Å². The van der Waals surface area contributed by atoms with Crippen molar-refractivity contribution in [3.05, 3.63) is 24.3 Å². The second kappa shape index (κ2) is 3.44. The molecule has 0 unspecified atom stereocenters. The lowest BCUT2D eigenvalue weighted by atomic mass is 9.94. The lowest BCUT2D eigenvalue weighted by molar-refractivity contribution is -0.138. The van der Waals surface area contributed by atoms with Crippen molar-refractivity contribution in [2.24, 2.45) is 5.92 Å². The van der Waals surface area contributed by atoms with E-state index in [1.54, 1.807) is 12.2 Å². The molecule has 66 valence electrons. The Morgan fingerprint density at radius 1 is 1.58 bits per heavy atom. The first-order valence-corrected chi connectivity index (χ1v) is 4.67. The summed E-state index contributed by atoms with van der Waals surface area (Å²) >= 11 is 3.50. The highest BCUT2D eigenvalue weighted by Gasteiger charge is 2.23. The molecule has 0 amide bonds. The van der Waals surface area contributed by atoms with Crippen LogP contribution in [0, 0.1) is 5.92 Å². The number of alkyl halides is 1. The van der Waals surface area contributed by atoms with Crippen LogP contribution in [0.15, 0.2) is 24.3 Å². The van der Waals surface area contributed by atoms with E-state index in [9.17, 15) is 4.79 Å². The van der Waals surface area contributed by atoms with Gasteiger partial charge in [-0.2, -0.15) is 0 Å². The predicted molar refractivity (Wildman–Crippen MR) is 51.4 cm³/mol. The summed E-state index contributed by atoms with van der Waals surface area (Å²) in [5.74, 6) is -1.25. The van der Waals surface area contributed by atoms with Gasteiger partial charge in [-0.05, 0) is 6.42 Å². The Balaban J connectivity index is 2.72. The minimum Gasteiger partial charge on any atom is -0.481 e. The summed E-state index contributed by atoms with van der Waals surface area (Å²) in [5, 5.41) is 8.66. The summed E-state index contributed by atoms with van der Waals surface area (Å²) in [6.45, 7) is 2.05. The van der Waals surface area contributed by atoms with Gasteiger partial charge in [0.15, 0.2) is 0 Å². The normalized spacial score (nSPS) is 33.7. The zero-order valence-corrected chi connectivity index (χ0v) is 8.41. The topological polar surface area (TPSA) is 37.3 Å². The first kappa shape index (κ1) is 9.52. The number of allylic oxidation sites excluding steroid dienone is 2. The molecule has 0 aromatic rings. The van der Waals surface area contributed by atoms with E-state index in [-0.39, 0.29) is 4.32 Å². The molecule has 0 atom stereocenters. The Hall–Kier alpha value is -0.570. The SMILES string of the molecule is CCC1(Br)C=CC(C(=O)O)C=C1. The summed E-state index contributed by atoms with van der Waals surface area (Å²) in [7, 11) is 0. The molecule has 0 fully saturated rings. The van der Waals surface area contributed by atoms with Crippen LogP contribution in [0.4, 0.5) is 0 Å². The smallest absolute Gasteiger partial charge is 0.314 e. The Kier molecular flexibility index (Phi) is 2.73. The summed E-state index contributed by atoms with van der Waals surface area (Å²) in [5.41, 5.74) is 0. The van der Waals surface area contributed by atoms with Gasteiger partial charge in [0, 0.05) is 0 Å². The maximum Gasteiger partial charge on any atom is 0.314 e. The fourth-order valence-corrected chi connectivity index (χ4v) is 1.35. The molecule has 1 aliphatic rings. The van der Waals surface area contributed by atoms with Crippen LogP contribution < -0.4 is 0 Å². The molecule has 0 aromatic heterocycles. The Morgan fingerprint density at radius 3 is 2.42 bits per heavy atom. The van der Waals surface area contributed by atoms with E-state index in [1.165, 1.54) is 0 Å². The van der Waals surface area contributed by atoms with Crippen LogP contribution in [-0.4, -0.2) is 15.4 Å². The van der Waals surface area contributed by atoms with E-state index in [2.05, 4.69) is 15.9 Å². The molecule has 2 nitrogen and oxygen atoms in total. The third-order valence-electron chi connectivity index (χ3n) is 1.99. The van der Waals surface area contributed by atoms with Crippen LogP contribution >= 0.6 is 15.9 Å². The lowest BCUT2D eigenvalue weighted by Crippen LogP contribution is -2.19. The molecule has 0 saturated carbocycles. The van der Waals surface area contributed by atoms with Crippen LogP contribution in [0.5, 0.6) is 0 Å². The van der Waals surface area contributed by atoms with Gasteiger partial charge in [0.25, 0.3) is 0 Å². The number of aliphatic carboxylic acids is 1. The fourth-order valence-electron chi connectivity index (χ4n) is 1.05. The van der Waals surface area contributed by atoms with Gasteiger partial charge in [0.05, 0.1) is 10.2 Å². The van der Waals surface area contributed by atoms with Crippen molar-refractivity contribution in [2.45, 2.75) is 17.7 Å². The highest BCUT2D eigenvalue weighted by atomic mass is 79.9. The number of hydrogen-bond acceptors (Lipinski definition) is 1. The van der Waals surface area contributed by atoms with E-state index >= 15 is 0 Å². The number of rotatable bonds is 2.